The van der Waals surface area contributed by atoms with Crippen LogP contribution in [-0.4, -0.2) is 36.5 Å². The molecule has 1 atom stereocenters. The molecular formula is C16H32N2O. The van der Waals surface area contributed by atoms with Crippen LogP contribution in [-0.2, 0) is 4.79 Å². The summed E-state index contributed by atoms with van der Waals surface area (Å²) in [6.07, 6.45) is 7.89. The summed E-state index contributed by atoms with van der Waals surface area (Å²) in [5, 5.41) is 3.59. The van der Waals surface area contributed by atoms with Gasteiger partial charge in [0.1, 0.15) is 0 Å². The maximum Gasteiger partial charge on any atom is 0.222 e. The summed E-state index contributed by atoms with van der Waals surface area (Å²) in [5.41, 5.74) is 0. The minimum absolute atomic E-state index is 0.373. The summed E-state index contributed by atoms with van der Waals surface area (Å²) in [6.45, 7) is 9.75. The van der Waals surface area contributed by atoms with E-state index in [9.17, 15) is 4.79 Å². The topological polar surface area (TPSA) is 32.3 Å². The zero-order chi connectivity index (χ0) is 14.1. The van der Waals surface area contributed by atoms with Crippen molar-refractivity contribution in [1.29, 1.82) is 0 Å². The highest BCUT2D eigenvalue weighted by atomic mass is 16.2. The van der Waals surface area contributed by atoms with E-state index in [1.54, 1.807) is 0 Å². The Morgan fingerprint density at radius 1 is 1.21 bits per heavy atom. The number of nitrogens with one attached hydrogen (secondary N) is 1. The highest BCUT2D eigenvalue weighted by Crippen LogP contribution is 2.15. The first-order chi connectivity index (χ1) is 9.17. The maximum atomic E-state index is 12.0. The van der Waals surface area contributed by atoms with Gasteiger partial charge in [-0.2, -0.15) is 0 Å². The Morgan fingerprint density at radius 2 is 1.84 bits per heavy atom. The molecule has 0 aliphatic carbocycles. The van der Waals surface area contributed by atoms with Crippen molar-refractivity contribution >= 4 is 5.91 Å². The van der Waals surface area contributed by atoms with Crippen LogP contribution < -0.4 is 5.32 Å². The summed E-state index contributed by atoms with van der Waals surface area (Å²) in [4.78, 5) is 14.0. The molecule has 0 bridgehead atoms. The largest absolute Gasteiger partial charge is 0.343 e. The van der Waals surface area contributed by atoms with E-state index in [4.69, 9.17) is 0 Å². The lowest BCUT2D eigenvalue weighted by molar-refractivity contribution is -0.131. The van der Waals surface area contributed by atoms with Crippen LogP contribution in [0.5, 0.6) is 0 Å². The normalized spacial score (nSPS) is 17.2. The average molecular weight is 268 g/mol. The first-order valence-electron chi connectivity index (χ1n) is 8.18. The lowest BCUT2D eigenvalue weighted by Crippen LogP contribution is -2.30. The third kappa shape index (κ3) is 6.42. The Hall–Kier alpha value is -0.570. The van der Waals surface area contributed by atoms with Gasteiger partial charge in [-0.15, -0.1) is 0 Å². The van der Waals surface area contributed by atoms with Gasteiger partial charge in [0.15, 0.2) is 0 Å². The van der Waals surface area contributed by atoms with Gasteiger partial charge < -0.3 is 10.2 Å². The van der Waals surface area contributed by atoms with Gasteiger partial charge in [0.25, 0.3) is 0 Å². The van der Waals surface area contributed by atoms with Crippen molar-refractivity contribution in [3.05, 3.63) is 0 Å². The number of carbonyl (C=O) groups is 1. The minimum Gasteiger partial charge on any atom is -0.343 e. The average Bonchev–Trinajstić information content (AvgIpc) is 2.93. The van der Waals surface area contributed by atoms with Gasteiger partial charge in [0, 0.05) is 25.6 Å². The zero-order valence-electron chi connectivity index (χ0n) is 13.1. The highest BCUT2D eigenvalue weighted by molar-refractivity contribution is 5.76. The second-order valence-corrected chi connectivity index (χ2v) is 6.01. The lowest BCUT2D eigenvalue weighted by Gasteiger charge is -2.19. The molecular weight excluding hydrogens is 236 g/mol. The van der Waals surface area contributed by atoms with Crippen LogP contribution in [0.15, 0.2) is 0 Å². The molecule has 0 aromatic rings. The van der Waals surface area contributed by atoms with Crippen molar-refractivity contribution < 1.29 is 4.79 Å². The molecule has 1 aliphatic rings. The lowest BCUT2D eigenvalue weighted by atomic mass is 10.0. The van der Waals surface area contributed by atoms with Gasteiger partial charge in [-0.05, 0) is 51.0 Å². The van der Waals surface area contributed by atoms with Crippen LogP contribution in [0, 0.1) is 5.92 Å². The molecule has 1 fully saturated rings. The van der Waals surface area contributed by atoms with Gasteiger partial charge in [0.2, 0.25) is 5.91 Å². The Labute approximate surface area is 119 Å². The molecule has 3 nitrogen and oxygen atoms in total. The van der Waals surface area contributed by atoms with Crippen molar-refractivity contribution in [1.82, 2.24) is 10.2 Å². The second-order valence-electron chi connectivity index (χ2n) is 6.01. The number of hydrogen-bond acceptors (Lipinski definition) is 2. The van der Waals surface area contributed by atoms with Gasteiger partial charge in [-0.25, -0.2) is 0 Å². The van der Waals surface area contributed by atoms with Crippen LogP contribution >= 0.6 is 0 Å². The van der Waals surface area contributed by atoms with Crippen LogP contribution in [0.3, 0.4) is 0 Å². The van der Waals surface area contributed by atoms with Crippen LogP contribution in [0.4, 0.5) is 0 Å². The number of nitrogens with zero attached hydrogens (tertiary/aromatic N) is 1. The van der Waals surface area contributed by atoms with Crippen molar-refractivity contribution in [3.8, 4) is 0 Å². The monoisotopic (exact) mass is 268 g/mol. The van der Waals surface area contributed by atoms with E-state index in [0.717, 1.165) is 32.5 Å². The molecule has 19 heavy (non-hydrogen) atoms. The van der Waals surface area contributed by atoms with Gasteiger partial charge >= 0.3 is 0 Å². The number of hydrogen-bond donors (Lipinski definition) is 1. The van der Waals surface area contributed by atoms with Gasteiger partial charge in [-0.3, -0.25) is 4.79 Å². The summed E-state index contributed by atoms with van der Waals surface area (Å²) in [6, 6.07) is 0.668. The van der Waals surface area contributed by atoms with Gasteiger partial charge in [-0.1, -0.05) is 20.8 Å². The van der Waals surface area contributed by atoms with Crippen molar-refractivity contribution in [2.75, 3.05) is 19.6 Å². The quantitative estimate of drug-likeness (QED) is 0.651. The maximum absolute atomic E-state index is 12.0. The van der Waals surface area contributed by atoms with Gasteiger partial charge in [0.05, 0.1) is 0 Å². The molecule has 1 rings (SSSR count). The fraction of sp³-hybridized carbons (Fsp3) is 0.938. The molecule has 0 radical (unpaired) electrons. The number of amides is 1. The molecule has 0 saturated carbocycles. The summed E-state index contributed by atoms with van der Waals surface area (Å²) >= 11 is 0. The molecule has 1 amide bonds. The molecule has 0 spiro atoms. The van der Waals surface area contributed by atoms with Crippen LogP contribution in [0.1, 0.15) is 65.7 Å². The molecule has 1 aliphatic heterocycles. The molecule has 3 heteroatoms. The first kappa shape index (κ1) is 16.5. The summed E-state index contributed by atoms with van der Waals surface area (Å²) < 4.78 is 0. The van der Waals surface area contributed by atoms with E-state index in [0.29, 0.717) is 17.9 Å². The van der Waals surface area contributed by atoms with E-state index in [1.165, 1.54) is 32.1 Å². The number of carbonyl (C=O) groups excluding carboxylic acids is 1. The number of likely N-dealkylation sites (tertiary alicyclic amines) is 1. The molecule has 0 aromatic carbocycles. The van der Waals surface area contributed by atoms with Crippen molar-refractivity contribution in [3.63, 3.8) is 0 Å². The van der Waals surface area contributed by atoms with Crippen molar-refractivity contribution in [2.45, 2.75) is 71.8 Å². The van der Waals surface area contributed by atoms with Crippen LogP contribution in [0.2, 0.25) is 0 Å². The molecule has 1 heterocycles. The van der Waals surface area contributed by atoms with E-state index in [-0.39, 0.29) is 0 Å². The smallest absolute Gasteiger partial charge is 0.222 e. The number of rotatable bonds is 9. The van der Waals surface area contributed by atoms with E-state index < -0.39 is 0 Å². The first-order valence-corrected chi connectivity index (χ1v) is 8.18. The minimum atomic E-state index is 0.373. The molecule has 1 N–H and O–H groups in total. The Balaban J connectivity index is 2.07. The Bertz CT molecular complexity index is 245. The predicted octanol–water partition coefficient (Wildman–Crippen LogP) is 3.19. The third-order valence-corrected chi connectivity index (χ3v) is 4.27. The summed E-state index contributed by atoms with van der Waals surface area (Å²) in [7, 11) is 0. The summed E-state index contributed by atoms with van der Waals surface area (Å²) in [5.74, 6) is 0.898. The highest BCUT2D eigenvalue weighted by Gasteiger charge is 2.19. The van der Waals surface area contributed by atoms with Crippen molar-refractivity contribution in [2.24, 2.45) is 5.92 Å². The van der Waals surface area contributed by atoms with E-state index >= 15 is 0 Å². The fourth-order valence-electron chi connectivity index (χ4n) is 2.83. The molecule has 1 unspecified atom stereocenters. The third-order valence-electron chi connectivity index (χ3n) is 4.27. The second kappa shape index (κ2) is 9.35. The molecule has 112 valence electrons. The predicted molar refractivity (Wildman–Crippen MR) is 81.2 cm³/mol. The SMILES string of the molecule is CCC(CC)NCCCC(C)CC(=O)N1CCCC1. The Morgan fingerprint density at radius 3 is 2.42 bits per heavy atom. The molecule has 0 aromatic heterocycles. The Kier molecular flexibility index (Phi) is 8.11. The standard InChI is InChI=1S/C16H32N2O/c1-4-15(5-2)17-10-8-9-14(3)13-16(19)18-11-6-7-12-18/h14-15,17H,4-13H2,1-3H3. The fourth-order valence-corrected chi connectivity index (χ4v) is 2.83. The van der Waals surface area contributed by atoms with E-state index in [2.05, 4.69) is 26.1 Å². The van der Waals surface area contributed by atoms with E-state index in [1.807, 2.05) is 4.90 Å². The zero-order valence-corrected chi connectivity index (χ0v) is 13.1. The molecule has 1 saturated heterocycles. The van der Waals surface area contributed by atoms with Crippen LogP contribution in [0.25, 0.3) is 0 Å².